The first kappa shape index (κ1) is 13.6. The predicted molar refractivity (Wildman–Crippen MR) is 71.8 cm³/mol. The molecule has 4 heteroatoms. The lowest BCUT2D eigenvalue weighted by Gasteiger charge is -2.11. The molecule has 0 amide bonds. The summed E-state index contributed by atoms with van der Waals surface area (Å²) >= 11 is 2.00. The average Bonchev–Trinajstić information content (AvgIpc) is 2.72. The highest BCUT2D eigenvalue weighted by Gasteiger charge is 2.07. The second-order valence-corrected chi connectivity index (χ2v) is 5.35. The van der Waals surface area contributed by atoms with E-state index in [-0.39, 0.29) is 6.04 Å². The second-order valence-electron chi connectivity index (χ2n) is 3.96. The van der Waals surface area contributed by atoms with E-state index in [4.69, 9.17) is 5.73 Å². The zero-order valence-electron chi connectivity index (χ0n) is 10.4. The van der Waals surface area contributed by atoms with E-state index in [2.05, 4.69) is 29.6 Å². The summed E-state index contributed by atoms with van der Waals surface area (Å²) in [6, 6.07) is 0.242. The Morgan fingerprint density at radius 2 is 2.31 bits per heavy atom. The molecule has 1 aromatic rings. The number of aromatic nitrogens is 2. The molecular weight excluding hydrogens is 218 g/mol. The maximum atomic E-state index is 5.95. The number of hydrogen-bond donors (Lipinski definition) is 1. The van der Waals surface area contributed by atoms with Crippen molar-refractivity contribution >= 4 is 11.8 Å². The number of rotatable bonds is 8. The molecule has 0 radical (unpaired) electrons. The van der Waals surface area contributed by atoms with E-state index in [1.165, 1.54) is 17.9 Å². The molecule has 1 rings (SSSR count). The number of hydrogen-bond acceptors (Lipinski definition) is 3. The molecule has 1 atom stereocenters. The summed E-state index contributed by atoms with van der Waals surface area (Å²) in [5.41, 5.74) is 5.95. The molecule has 1 aromatic heterocycles. The van der Waals surface area contributed by atoms with Gasteiger partial charge in [-0.3, -0.25) is 0 Å². The largest absolute Gasteiger partial charge is 0.335 e. The van der Waals surface area contributed by atoms with Crippen molar-refractivity contribution in [2.24, 2.45) is 5.73 Å². The van der Waals surface area contributed by atoms with Crippen LogP contribution >= 0.6 is 11.8 Å². The minimum atomic E-state index is 0.242. The third-order valence-electron chi connectivity index (χ3n) is 2.66. The Morgan fingerprint density at radius 1 is 1.50 bits per heavy atom. The molecule has 92 valence electrons. The Labute approximate surface area is 103 Å². The molecule has 0 aliphatic heterocycles. The van der Waals surface area contributed by atoms with Gasteiger partial charge in [0.15, 0.2) is 0 Å². The molecule has 0 saturated carbocycles. The summed E-state index contributed by atoms with van der Waals surface area (Å²) in [6.45, 7) is 5.39. The normalized spacial score (nSPS) is 12.9. The molecule has 3 nitrogen and oxygen atoms in total. The lowest BCUT2D eigenvalue weighted by molar-refractivity contribution is 0.575. The van der Waals surface area contributed by atoms with Gasteiger partial charge in [0.2, 0.25) is 0 Å². The molecule has 1 unspecified atom stereocenters. The van der Waals surface area contributed by atoms with E-state index in [9.17, 15) is 0 Å². The van der Waals surface area contributed by atoms with Crippen molar-refractivity contribution < 1.29 is 0 Å². The van der Waals surface area contributed by atoms with Gasteiger partial charge in [-0.15, -0.1) is 0 Å². The zero-order chi connectivity index (χ0) is 11.8. The molecule has 1 heterocycles. The van der Waals surface area contributed by atoms with E-state index in [1.54, 1.807) is 0 Å². The van der Waals surface area contributed by atoms with Crippen LogP contribution in [-0.2, 0) is 13.0 Å². The fraction of sp³-hybridized carbons (Fsp3) is 0.750. The van der Waals surface area contributed by atoms with E-state index in [0.29, 0.717) is 0 Å². The fourth-order valence-corrected chi connectivity index (χ4v) is 2.22. The van der Waals surface area contributed by atoms with Crippen molar-refractivity contribution in [2.45, 2.75) is 45.7 Å². The van der Waals surface area contributed by atoms with Gasteiger partial charge in [-0.2, -0.15) is 11.8 Å². The lowest BCUT2D eigenvalue weighted by atomic mass is 10.1. The van der Waals surface area contributed by atoms with Crippen molar-refractivity contribution in [1.82, 2.24) is 9.55 Å². The van der Waals surface area contributed by atoms with E-state index in [1.807, 2.05) is 18.0 Å². The summed E-state index contributed by atoms with van der Waals surface area (Å²) < 4.78 is 2.24. The Kier molecular flexibility index (Phi) is 6.57. The number of aryl methyl sites for hydroxylation is 1. The number of nitrogens with zero attached hydrogens (tertiary/aromatic N) is 2. The van der Waals surface area contributed by atoms with Gasteiger partial charge in [-0.05, 0) is 24.3 Å². The highest BCUT2D eigenvalue weighted by Crippen LogP contribution is 2.07. The van der Waals surface area contributed by atoms with Crippen molar-refractivity contribution in [1.29, 1.82) is 0 Å². The highest BCUT2D eigenvalue weighted by atomic mass is 32.2. The summed E-state index contributed by atoms with van der Waals surface area (Å²) in [4.78, 5) is 4.38. The van der Waals surface area contributed by atoms with E-state index < -0.39 is 0 Å². The maximum absolute atomic E-state index is 5.95. The maximum Gasteiger partial charge on any atom is 0.110 e. The van der Waals surface area contributed by atoms with Gasteiger partial charge in [0.25, 0.3) is 0 Å². The van der Waals surface area contributed by atoms with Gasteiger partial charge >= 0.3 is 0 Å². The Bertz CT molecular complexity index is 286. The Hall–Kier alpha value is -0.480. The molecule has 0 fully saturated rings. The van der Waals surface area contributed by atoms with Crippen molar-refractivity contribution in [3.63, 3.8) is 0 Å². The number of imidazole rings is 1. The molecule has 0 saturated heterocycles. The molecule has 0 spiro atoms. The number of nitrogens with two attached hydrogens (primary N) is 1. The van der Waals surface area contributed by atoms with Crippen molar-refractivity contribution in [2.75, 3.05) is 11.5 Å². The van der Waals surface area contributed by atoms with Gasteiger partial charge in [0, 0.05) is 31.4 Å². The van der Waals surface area contributed by atoms with Crippen LogP contribution in [0.2, 0.25) is 0 Å². The van der Waals surface area contributed by atoms with Crippen LogP contribution in [-0.4, -0.2) is 27.1 Å². The average molecular weight is 241 g/mol. The third kappa shape index (κ3) is 4.58. The molecule has 16 heavy (non-hydrogen) atoms. The van der Waals surface area contributed by atoms with Crippen molar-refractivity contribution in [3.8, 4) is 0 Å². The van der Waals surface area contributed by atoms with E-state index in [0.717, 1.165) is 25.2 Å². The molecule has 0 aliphatic carbocycles. The quantitative estimate of drug-likeness (QED) is 0.710. The van der Waals surface area contributed by atoms with Crippen LogP contribution in [0, 0.1) is 0 Å². The Morgan fingerprint density at radius 3 is 3.00 bits per heavy atom. The molecular formula is C12H23N3S. The summed E-state index contributed by atoms with van der Waals surface area (Å²) in [5, 5.41) is 0. The molecule has 0 bridgehead atoms. The summed E-state index contributed by atoms with van der Waals surface area (Å²) in [5.74, 6) is 3.57. The van der Waals surface area contributed by atoms with Crippen LogP contribution in [0.1, 0.15) is 32.5 Å². The van der Waals surface area contributed by atoms with Crippen LogP contribution in [0.4, 0.5) is 0 Å². The fourth-order valence-electron chi connectivity index (χ4n) is 1.59. The van der Waals surface area contributed by atoms with Gasteiger partial charge in [-0.25, -0.2) is 4.98 Å². The predicted octanol–water partition coefficient (Wildman–Crippen LogP) is 2.31. The highest BCUT2D eigenvalue weighted by molar-refractivity contribution is 7.99. The summed E-state index contributed by atoms with van der Waals surface area (Å²) in [6.07, 6.45) is 7.06. The van der Waals surface area contributed by atoms with Gasteiger partial charge in [0.1, 0.15) is 5.82 Å². The zero-order valence-corrected chi connectivity index (χ0v) is 11.2. The lowest BCUT2D eigenvalue weighted by Crippen LogP contribution is -2.23. The smallest absolute Gasteiger partial charge is 0.110 e. The SMILES string of the molecule is CCSCCCn1ccnc1CC(N)CC. The van der Waals surface area contributed by atoms with Crippen LogP contribution < -0.4 is 5.73 Å². The van der Waals surface area contributed by atoms with Gasteiger partial charge < -0.3 is 10.3 Å². The minimum Gasteiger partial charge on any atom is -0.335 e. The number of thioether (sulfide) groups is 1. The second kappa shape index (κ2) is 7.74. The van der Waals surface area contributed by atoms with Crippen LogP contribution in [0.15, 0.2) is 12.4 Å². The van der Waals surface area contributed by atoms with E-state index >= 15 is 0 Å². The molecule has 2 N–H and O–H groups in total. The molecule has 0 aliphatic rings. The monoisotopic (exact) mass is 241 g/mol. The van der Waals surface area contributed by atoms with Crippen molar-refractivity contribution in [3.05, 3.63) is 18.2 Å². The van der Waals surface area contributed by atoms with Gasteiger partial charge in [-0.1, -0.05) is 13.8 Å². The van der Waals surface area contributed by atoms with Gasteiger partial charge in [0.05, 0.1) is 0 Å². The topological polar surface area (TPSA) is 43.8 Å². The Balaban J connectivity index is 2.38. The first-order valence-corrected chi connectivity index (χ1v) is 7.26. The molecule has 0 aromatic carbocycles. The minimum absolute atomic E-state index is 0.242. The standard InChI is InChI=1S/C12H23N3S/c1-3-11(13)10-12-14-6-8-15(12)7-5-9-16-4-2/h6,8,11H,3-5,7,9-10,13H2,1-2H3. The van der Waals surface area contributed by atoms with Crippen LogP contribution in [0.5, 0.6) is 0 Å². The first-order chi connectivity index (χ1) is 7.77. The third-order valence-corrected chi connectivity index (χ3v) is 3.65. The van der Waals surface area contributed by atoms with Crippen LogP contribution in [0.3, 0.4) is 0 Å². The van der Waals surface area contributed by atoms with Crippen LogP contribution in [0.25, 0.3) is 0 Å². The first-order valence-electron chi connectivity index (χ1n) is 6.11. The summed E-state index contributed by atoms with van der Waals surface area (Å²) in [7, 11) is 0.